The second-order valence-electron chi connectivity index (χ2n) is 6.22. The summed E-state index contributed by atoms with van der Waals surface area (Å²) >= 11 is 0. The highest BCUT2D eigenvalue weighted by Crippen LogP contribution is 2.32. The van der Waals surface area contributed by atoms with Crippen molar-refractivity contribution in [3.8, 4) is 0 Å². The quantitative estimate of drug-likeness (QED) is 0.820. The molecule has 3 heteroatoms. The third kappa shape index (κ3) is 2.82. The molecule has 2 rings (SSSR count). The summed E-state index contributed by atoms with van der Waals surface area (Å²) < 4.78 is 0. The van der Waals surface area contributed by atoms with Gasteiger partial charge in [-0.3, -0.25) is 4.79 Å². The Kier molecular flexibility index (Phi) is 3.76. The molecule has 0 unspecified atom stereocenters. The van der Waals surface area contributed by atoms with Gasteiger partial charge < -0.3 is 10.0 Å². The van der Waals surface area contributed by atoms with Crippen molar-refractivity contribution in [2.75, 3.05) is 13.1 Å². The van der Waals surface area contributed by atoms with Gasteiger partial charge in [0, 0.05) is 6.42 Å². The van der Waals surface area contributed by atoms with Crippen LogP contribution in [0, 0.1) is 11.8 Å². The number of rotatable bonds is 3. The Morgan fingerprint density at radius 1 is 1.29 bits per heavy atom. The van der Waals surface area contributed by atoms with Crippen molar-refractivity contribution in [3.63, 3.8) is 0 Å². The van der Waals surface area contributed by atoms with Crippen molar-refractivity contribution in [1.82, 2.24) is 4.90 Å². The van der Waals surface area contributed by atoms with Crippen LogP contribution in [0.25, 0.3) is 0 Å². The predicted octanol–water partition coefficient (Wildman–Crippen LogP) is 2.19. The lowest BCUT2D eigenvalue weighted by atomic mass is 9.81. The van der Waals surface area contributed by atoms with Crippen molar-refractivity contribution in [2.45, 2.75) is 58.0 Å². The molecule has 0 aromatic heterocycles. The van der Waals surface area contributed by atoms with Gasteiger partial charge in [0.1, 0.15) is 5.60 Å². The molecule has 0 aromatic carbocycles. The van der Waals surface area contributed by atoms with E-state index in [0.717, 1.165) is 0 Å². The fourth-order valence-corrected chi connectivity index (χ4v) is 2.92. The minimum Gasteiger partial charge on any atom is -0.386 e. The third-order valence-electron chi connectivity index (χ3n) is 4.54. The molecular formula is C14H25NO2. The molecule has 17 heavy (non-hydrogen) atoms. The Morgan fingerprint density at radius 3 is 2.41 bits per heavy atom. The molecule has 1 aliphatic carbocycles. The summed E-state index contributed by atoms with van der Waals surface area (Å²) in [6.07, 6.45) is 7.04. The summed E-state index contributed by atoms with van der Waals surface area (Å²) in [6, 6.07) is 0. The minimum absolute atomic E-state index is 0.237. The summed E-state index contributed by atoms with van der Waals surface area (Å²) in [5, 5.41) is 10.1. The van der Waals surface area contributed by atoms with Gasteiger partial charge in [-0.05, 0) is 24.7 Å². The molecule has 98 valence electrons. The first-order valence-corrected chi connectivity index (χ1v) is 7.01. The van der Waals surface area contributed by atoms with Crippen molar-refractivity contribution >= 4 is 5.91 Å². The normalized spacial score (nSPS) is 24.8. The molecule has 0 atom stereocenters. The molecule has 0 spiro atoms. The van der Waals surface area contributed by atoms with Crippen LogP contribution in [0.4, 0.5) is 0 Å². The molecule has 0 bridgehead atoms. The van der Waals surface area contributed by atoms with Crippen LogP contribution in [0.15, 0.2) is 0 Å². The Balaban J connectivity index is 1.75. The number of hydrogen-bond acceptors (Lipinski definition) is 2. The standard InChI is InChI=1S/C14H25NO2/c1-11(2)14(17)9-15(10-14)13(16)8-12-6-4-3-5-7-12/h11-12,17H,3-10H2,1-2H3. The number of carbonyl (C=O) groups is 1. The zero-order chi connectivity index (χ0) is 12.5. The lowest BCUT2D eigenvalue weighted by molar-refractivity contribution is -0.164. The Hall–Kier alpha value is -0.570. The van der Waals surface area contributed by atoms with E-state index in [2.05, 4.69) is 0 Å². The number of amides is 1. The van der Waals surface area contributed by atoms with Gasteiger partial charge >= 0.3 is 0 Å². The van der Waals surface area contributed by atoms with E-state index in [1.165, 1.54) is 32.1 Å². The predicted molar refractivity (Wildman–Crippen MR) is 67.6 cm³/mol. The van der Waals surface area contributed by atoms with Gasteiger partial charge in [-0.25, -0.2) is 0 Å². The molecule has 1 saturated carbocycles. The fraction of sp³-hybridized carbons (Fsp3) is 0.929. The lowest BCUT2D eigenvalue weighted by Crippen LogP contribution is -2.66. The van der Waals surface area contributed by atoms with Gasteiger partial charge in [0.05, 0.1) is 13.1 Å². The number of aliphatic hydroxyl groups is 1. The Labute approximate surface area is 104 Å². The van der Waals surface area contributed by atoms with Gasteiger partial charge in [0.25, 0.3) is 0 Å². The Morgan fingerprint density at radius 2 is 1.88 bits per heavy atom. The van der Waals surface area contributed by atoms with E-state index >= 15 is 0 Å². The van der Waals surface area contributed by atoms with Crippen molar-refractivity contribution in [3.05, 3.63) is 0 Å². The number of nitrogens with zero attached hydrogens (tertiary/aromatic N) is 1. The molecule has 1 heterocycles. The molecule has 1 aliphatic heterocycles. The summed E-state index contributed by atoms with van der Waals surface area (Å²) in [5.74, 6) is 1.09. The van der Waals surface area contributed by atoms with Crippen LogP contribution in [0.2, 0.25) is 0 Å². The zero-order valence-electron chi connectivity index (χ0n) is 11.1. The van der Waals surface area contributed by atoms with Gasteiger partial charge in [-0.2, -0.15) is 0 Å². The van der Waals surface area contributed by atoms with Crippen molar-refractivity contribution in [1.29, 1.82) is 0 Å². The highest BCUT2D eigenvalue weighted by molar-refractivity contribution is 5.77. The molecular weight excluding hydrogens is 214 g/mol. The molecule has 2 aliphatic rings. The van der Waals surface area contributed by atoms with E-state index in [0.29, 0.717) is 25.4 Å². The van der Waals surface area contributed by atoms with Crippen LogP contribution in [0.3, 0.4) is 0 Å². The van der Waals surface area contributed by atoms with Gasteiger partial charge in [0.15, 0.2) is 0 Å². The topological polar surface area (TPSA) is 40.5 Å². The zero-order valence-corrected chi connectivity index (χ0v) is 11.1. The van der Waals surface area contributed by atoms with Crippen LogP contribution in [0.1, 0.15) is 52.4 Å². The number of carbonyl (C=O) groups excluding carboxylic acids is 1. The molecule has 1 N–H and O–H groups in total. The highest BCUT2D eigenvalue weighted by atomic mass is 16.3. The summed E-state index contributed by atoms with van der Waals surface area (Å²) in [4.78, 5) is 13.8. The Bertz CT molecular complexity index is 276. The van der Waals surface area contributed by atoms with Crippen LogP contribution in [-0.2, 0) is 4.79 Å². The van der Waals surface area contributed by atoms with Crippen molar-refractivity contribution < 1.29 is 9.90 Å². The molecule has 1 saturated heterocycles. The molecule has 2 fully saturated rings. The first kappa shape index (κ1) is 12.9. The van der Waals surface area contributed by atoms with E-state index in [4.69, 9.17) is 0 Å². The van der Waals surface area contributed by atoms with Crippen LogP contribution in [-0.4, -0.2) is 34.6 Å². The molecule has 0 radical (unpaired) electrons. The third-order valence-corrected chi connectivity index (χ3v) is 4.54. The smallest absolute Gasteiger partial charge is 0.223 e. The summed E-state index contributed by atoms with van der Waals surface area (Å²) in [6.45, 7) is 5.11. The van der Waals surface area contributed by atoms with Gasteiger partial charge in [0.2, 0.25) is 5.91 Å². The summed E-state index contributed by atoms with van der Waals surface area (Å²) in [7, 11) is 0. The first-order valence-electron chi connectivity index (χ1n) is 7.01. The summed E-state index contributed by atoms with van der Waals surface area (Å²) in [5.41, 5.74) is -0.623. The van der Waals surface area contributed by atoms with Crippen LogP contribution < -0.4 is 0 Å². The average Bonchev–Trinajstić information content (AvgIpc) is 2.25. The molecule has 1 amide bonds. The molecule has 3 nitrogen and oxygen atoms in total. The first-order chi connectivity index (χ1) is 8.01. The second kappa shape index (κ2) is 4.97. The molecule has 0 aromatic rings. The maximum Gasteiger partial charge on any atom is 0.223 e. The fourth-order valence-electron chi connectivity index (χ4n) is 2.92. The van der Waals surface area contributed by atoms with Gasteiger partial charge in [-0.1, -0.05) is 33.1 Å². The largest absolute Gasteiger partial charge is 0.386 e. The van der Waals surface area contributed by atoms with E-state index in [1.807, 2.05) is 18.7 Å². The SMILES string of the molecule is CC(C)C1(O)CN(C(=O)CC2CCCCC2)C1. The maximum absolute atomic E-state index is 12.0. The number of hydrogen-bond donors (Lipinski definition) is 1. The van der Waals surface area contributed by atoms with Crippen LogP contribution >= 0.6 is 0 Å². The average molecular weight is 239 g/mol. The van der Waals surface area contributed by atoms with E-state index in [-0.39, 0.29) is 11.8 Å². The minimum atomic E-state index is -0.623. The van der Waals surface area contributed by atoms with Crippen LogP contribution in [0.5, 0.6) is 0 Å². The van der Waals surface area contributed by atoms with Crippen molar-refractivity contribution in [2.24, 2.45) is 11.8 Å². The van der Waals surface area contributed by atoms with E-state index < -0.39 is 5.60 Å². The van der Waals surface area contributed by atoms with E-state index in [1.54, 1.807) is 0 Å². The van der Waals surface area contributed by atoms with Gasteiger partial charge in [-0.15, -0.1) is 0 Å². The second-order valence-corrected chi connectivity index (χ2v) is 6.22. The number of β-amino-alcohol motifs (C(OH)–C–C–N with tert-alkyl or cyclic N) is 1. The maximum atomic E-state index is 12.0. The highest BCUT2D eigenvalue weighted by Gasteiger charge is 2.45. The van der Waals surface area contributed by atoms with E-state index in [9.17, 15) is 9.90 Å². The monoisotopic (exact) mass is 239 g/mol. The number of likely N-dealkylation sites (tertiary alicyclic amines) is 1. The lowest BCUT2D eigenvalue weighted by Gasteiger charge is -2.49.